The first-order valence-corrected chi connectivity index (χ1v) is 10.9. The van der Waals surface area contributed by atoms with Crippen molar-refractivity contribution in [3.8, 4) is 0 Å². The lowest BCUT2D eigenvalue weighted by atomic mass is 10.0. The first-order valence-electron chi connectivity index (χ1n) is 10.9. The molecule has 3 amide bonds. The Kier molecular flexibility index (Phi) is 12.5. The zero-order valence-electron chi connectivity index (χ0n) is 19.5. The zero-order chi connectivity index (χ0) is 25.5. The van der Waals surface area contributed by atoms with Crippen molar-refractivity contribution < 1.29 is 29.0 Å². The zero-order valence-corrected chi connectivity index (χ0v) is 19.5. The highest BCUT2D eigenvalue weighted by Crippen LogP contribution is 2.07. The number of guanidine groups is 1. The van der Waals surface area contributed by atoms with Gasteiger partial charge in [0.25, 0.3) is 0 Å². The van der Waals surface area contributed by atoms with E-state index in [1.807, 2.05) is 32.0 Å². The summed E-state index contributed by atoms with van der Waals surface area (Å²) >= 11 is 0. The molecule has 0 radical (unpaired) electrons. The smallest absolute Gasteiger partial charge is 0.408 e. The number of carboxylic acids is 1. The third-order valence-corrected chi connectivity index (χ3v) is 4.53. The van der Waals surface area contributed by atoms with Crippen molar-refractivity contribution >= 4 is 29.8 Å². The van der Waals surface area contributed by atoms with E-state index in [2.05, 4.69) is 20.9 Å². The molecule has 0 aliphatic carbocycles. The molecule has 0 unspecified atom stereocenters. The predicted octanol–water partition coefficient (Wildman–Crippen LogP) is 0.0667. The number of hydrogen-bond donors (Lipinski definition) is 6. The minimum Gasteiger partial charge on any atom is -0.480 e. The van der Waals surface area contributed by atoms with Gasteiger partial charge in [-0.05, 0) is 30.7 Å². The average Bonchev–Trinajstić information content (AvgIpc) is 2.77. The number of rotatable bonds is 14. The van der Waals surface area contributed by atoms with E-state index in [4.69, 9.17) is 16.2 Å². The molecular formula is C22H34N6O6. The van der Waals surface area contributed by atoms with Gasteiger partial charge in [-0.25, -0.2) is 9.59 Å². The molecule has 0 bridgehead atoms. The van der Waals surface area contributed by atoms with Crippen LogP contribution >= 0.6 is 0 Å². The number of nitrogens with one attached hydrogen (secondary N) is 3. The molecule has 12 heteroatoms. The second kappa shape index (κ2) is 15.1. The Morgan fingerprint density at radius 1 is 1.06 bits per heavy atom. The SMILES string of the molecule is CC(C)C[C@H](NC(=O)OCc1ccccc1)C(=O)NCC(=O)N[C@@H](CCCN=C(N)N)C(=O)O. The molecule has 34 heavy (non-hydrogen) atoms. The van der Waals surface area contributed by atoms with E-state index in [1.165, 1.54) is 0 Å². The van der Waals surface area contributed by atoms with Crippen LogP contribution in [0.4, 0.5) is 4.79 Å². The van der Waals surface area contributed by atoms with E-state index in [9.17, 15) is 24.3 Å². The number of carbonyl (C=O) groups is 4. The highest BCUT2D eigenvalue weighted by molar-refractivity contribution is 5.90. The Morgan fingerprint density at radius 2 is 1.74 bits per heavy atom. The molecule has 1 aromatic rings. The van der Waals surface area contributed by atoms with Crippen molar-refractivity contribution in [2.75, 3.05) is 13.1 Å². The third kappa shape index (κ3) is 12.3. The van der Waals surface area contributed by atoms with Crippen molar-refractivity contribution in [2.24, 2.45) is 22.4 Å². The van der Waals surface area contributed by atoms with Gasteiger partial charge in [0.1, 0.15) is 18.7 Å². The number of ether oxygens (including phenoxy) is 1. The molecule has 0 heterocycles. The molecule has 0 saturated carbocycles. The number of benzene rings is 1. The molecule has 188 valence electrons. The normalized spacial score (nSPS) is 12.2. The van der Waals surface area contributed by atoms with E-state index < -0.39 is 42.5 Å². The summed E-state index contributed by atoms with van der Waals surface area (Å²) in [5, 5.41) is 16.6. The standard InChI is InChI=1S/C22H34N6O6/c1-14(2)11-17(28-22(33)34-13-15-7-4-3-5-8-15)19(30)26-12-18(29)27-16(20(31)32)9-6-10-25-21(23)24/h3-5,7-8,14,16-17H,6,9-13H2,1-2H3,(H,26,30)(H,27,29)(H,28,33)(H,31,32)(H4,23,24,25)/t16-,17-/m0/s1. The summed E-state index contributed by atoms with van der Waals surface area (Å²) in [4.78, 5) is 52.0. The van der Waals surface area contributed by atoms with Crippen molar-refractivity contribution in [1.82, 2.24) is 16.0 Å². The van der Waals surface area contributed by atoms with Crippen molar-refractivity contribution in [3.63, 3.8) is 0 Å². The van der Waals surface area contributed by atoms with Crippen LogP contribution in [0.15, 0.2) is 35.3 Å². The number of nitrogens with two attached hydrogens (primary N) is 2. The fraction of sp³-hybridized carbons (Fsp3) is 0.500. The Hall–Kier alpha value is -3.83. The van der Waals surface area contributed by atoms with Crippen LogP contribution in [0, 0.1) is 5.92 Å². The van der Waals surface area contributed by atoms with E-state index in [-0.39, 0.29) is 31.4 Å². The summed E-state index contributed by atoms with van der Waals surface area (Å²) in [5.74, 6) is -2.52. The predicted molar refractivity (Wildman–Crippen MR) is 125 cm³/mol. The maximum absolute atomic E-state index is 12.6. The topological polar surface area (TPSA) is 198 Å². The van der Waals surface area contributed by atoms with Gasteiger partial charge < -0.3 is 37.3 Å². The molecule has 0 aliphatic rings. The number of aliphatic carboxylic acids is 1. The van der Waals surface area contributed by atoms with Gasteiger partial charge in [-0.3, -0.25) is 14.6 Å². The summed E-state index contributed by atoms with van der Waals surface area (Å²) < 4.78 is 5.16. The van der Waals surface area contributed by atoms with E-state index in [0.717, 1.165) is 5.56 Å². The van der Waals surface area contributed by atoms with Gasteiger partial charge in [0.05, 0.1) is 6.54 Å². The molecule has 0 aliphatic heterocycles. The van der Waals surface area contributed by atoms with Gasteiger partial charge in [0.2, 0.25) is 11.8 Å². The lowest BCUT2D eigenvalue weighted by Crippen LogP contribution is -2.51. The van der Waals surface area contributed by atoms with Gasteiger partial charge in [-0.15, -0.1) is 0 Å². The minimum absolute atomic E-state index is 0.0465. The van der Waals surface area contributed by atoms with Gasteiger partial charge in [0.15, 0.2) is 5.96 Å². The van der Waals surface area contributed by atoms with Crippen LogP contribution in [0.1, 0.15) is 38.7 Å². The first-order chi connectivity index (χ1) is 16.1. The van der Waals surface area contributed by atoms with Gasteiger partial charge in [0, 0.05) is 6.54 Å². The summed E-state index contributed by atoms with van der Waals surface area (Å²) in [6.45, 7) is 3.58. The fourth-order valence-electron chi connectivity index (χ4n) is 2.91. The second-order valence-corrected chi connectivity index (χ2v) is 8.01. The number of amides is 3. The van der Waals surface area contributed by atoms with Gasteiger partial charge in [-0.1, -0.05) is 44.2 Å². The van der Waals surface area contributed by atoms with Crippen LogP contribution in [0.2, 0.25) is 0 Å². The average molecular weight is 479 g/mol. The molecular weight excluding hydrogens is 444 g/mol. The highest BCUT2D eigenvalue weighted by Gasteiger charge is 2.24. The van der Waals surface area contributed by atoms with Gasteiger partial charge >= 0.3 is 12.1 Å². The fourth-order valence-corrected chi connectivity index (χ4v) is 2.91. The molecule has 0 saturated heterocycles. The highest BCUT2D eigenvalue weighted by atomic mass is 16.5. The molecule has 1 aromatic carbocycles. The van der Waals surface area contributed by atoms with Crippen LogP contribution in [0.3, 0.4) is 0 Å². The largest absolute Gasteiger partial charge is 0.480 e. The summed E-state index contributed by atoms with van der Waals surface area (Å²) in [6.07, 6.45) is 0.000758. The minimum atomic E-state index is -1.22. The molecule has 1 rings (SSSR count). The lowest BCUT2D eigenvalue weighted by molar-refractivity contribution is -0.142. The Morgan fingerprint density at radius 3 is 2.32 bits per heavy atom. The number of hydrogen-bond acceptors (Lipinski definition) is 6. The molecule has 0 fully saturated rings. The van der Waals surface area contributed by atoms with Crippen LogP contribution in [0.25, 0.3) is 0 Å². The van der Waals surface area contributed by atoms with Crippen LogP contribution in [-0.4, -0.2) is 60.1 Å². The third-order valence-electron chi connectivity index (χ3n) is 4.53. The number of nitrogens with zero attached hydrogens (tertiary/aromatic N) is 1. The van der Waals surface area contributed by atoms with Crippen LogP contribution in [-0.2, 0) is 25.7 Å². The molecule has 0 aromatic heterocycles. The second-order valence-electron chi connectivity index (χ2n) is 8.01. The van der Waals surface area contributed by atoms with Crippen molar-refractivity contribution in [1.29, 1.82) is 0 Å². The van der Waals surface area contributed by atoms with E-state index >= 15 is 0 Å². The molecule has 2 atom stereocenters. The number of alkyl carbamates (subject to hydrolysis) is 1. The van der Waals surface area contributed by atoms with Crippen molar-refractivity contribution in [2.45, 2.75) is 51.8 Å². The Bertz CT molecular complexity index is 842. The maximum Gasteiger partial charge on any atom is 0.408 e. The Labute approximate surface area is 198 Å². The van der Waals surface area contributed by atoms with Crippen LogP contribution in [0.5, 0.6) is 0 Å². The number of aliphatic imine (C=N–C) groups is 1. The lowest BCUT2D eigenvalue weighted by Gasteiger charge is -2.20. The van der Waals surface area contributed by atoms with E-state index in [0.29, 0.717) is 12.8 Å². The number of carbonyl (C=O) groups excluding carboxylic acids is 3. The molecule has 0 spiro atoms. The monoisotopic (exact) mass is 478 g/mol. The Balaban J connectivity index is 2.55. The van der Waals surface area contributed by atoms with Crippen molar-refractivity contribution in [3.05, 3.63) is 35.9 Å². The maximum atomic E-state index is 12.6. The van der Waals surface area contributed by atoms with Crippen LogP contribution < -0.4 is 27.4 Å². The summed E-state index contributed by atoms with van der Waals surface area (Å²) in [5.41, 5.74) is 11.2. The number of carboxylic acid groups (broad SMARTS) is 1. The molecule has 8 N–H and O–H groups in total. The summed E-state index contributed by atoms with van der Waals surface area (Å²) in [6, 6.07) is 6.99. The quantitative estimate of drug-likeness (QED) is 0.122. The first kappa shape index (κ1) is 28.2. The van der Waals surface area contributed by atoms with Gasteiger partial charge in [-0.2, -0.15) is 0 Å². The molecule has 12 nitrogen and oxygen atoms in total. The summed E-state index contributed by atoms with van der Waals surface area (Å²) in [7, 11) is 0. The van der Waals surface area contributed by atoms with E-state index in [1.54, 1.807) is 12.1 Å².